The second kappa shape index (κ2) is 8.31. The zero-order chi connectivity index (χ0) is 17.8. The molecule has 1 aliphatic carbocycles. The summed E-state index contributed by atoms with van der Waals surface area (Å²) in [6.45, 7) is 2.40. The van der Waals surface area contributed by atoms with Crippen LogP contribution in [0.5, 0.6) is 5.88 Å². The first-order chi connectivity index (χ1) is 12.8. The zero-order valence-electron chi connectivity index (χ0n) is 15.1. The first kappa shape index (κ1) is 17.7. The molecule has 1 saturated heterocycles. The number of thiophene rings is 1. The number of aromatic nitrogens is 1. The molecule has 2 aromatic rings. The number of ether oxygens (including phenoxy) is 1. The van der Waals surface area contributed by atoms with Crippen LogP contribution in [0.3, 0.4) is 0 Å². The summed E-state index contributed by atoms with van der Waals surface area (Å²) in [7, 11) is 0. The highest BCUT2D eigenvalue weighted by molar-refractivity contribution is 7.08. The highest BCUT2D eigenvalue weighted by Gasteiger charge is 2.32. The van der Waals surface area contributed by atoms with Gasteiger partial charge < -0.3 is 4.74 Å². The number of nitrogens with zero attached hydrogens (tertiary/aromatic N) is 2. The highest BCUT2D eigenvalue weighted by atomic mass is 32.1. The largest absolute Gasteiger partial charge is 0.473 e. The van der Waals surface area contributed by atoms with E-state index in [1.54, 1.807) is 6.20 Å². The van der Waals surface area contributed by atoms with E-state index in [9.17, 15) is 4.79 Å². The number of pyridine rings is 1. The van der Waals surface area contributed by atoms with Gasteiger partial charge in [-0.05, 0) is 62.7 Å². The summed E-state index contributed by atoms with van der Waals surface area (Å²) >= 11 is 1.53. The number of likely N-dealkylation sites (tertiary alicyclic amines) is 1. The predicted molar refractivity (Wildman–Crippen MR) is 104 cm³/mol. The first-order valence-corrected chi connectivity index (χ1v) is 10.7. The minimum absolute atomic E-state index is 0.0224. The van der Waals surface area contributed by atoms with Crippen LogP contribution in [0.2, 0.25) is 0 Å². The van der Waals surface area contributed by atoms with Crippen LogP contribution < -0.4 is 4.74 Å². The maximum atomic E-state index is 12.4. The fraction of sp³-hybridized carbons (Fsp3) is 0.524. The van der Waals surface area contributed by atoms with Crippen LogP contribution >= 0.6 is 11.3 Å². The number of carbonyl (C=O) groups excluding carboxylic acids is 1. The van der Waals surface area contributed by atoms with Crippen molar-refractivity contribution in [1.29, 1.82) is 0 Å². The summed E-state index contributed by atoms with van der Waals surface area (Å²) in [5.74, 6) is 0.662. The Balaban J connectivity index is 1.43. The lowest BCUT2D eigenvalue weighted by molar-refractivity contribution is 0.0238. The lowest BCUT2D eigenvalue weighted by Gasteiger charge is -2.41. The van der Waals surface area contributed by atoms with Crippen LogP contribution in [0.25, 0.3) is 0 Å². The monoisotopic (exact) mass is 370 g/mol. The molecule has 0 bridgehead atoms. The summed E-state index contributed by atoms with van der Waals surface area (Å²) in [6, 6.07) is 6.04. The standard InChI is InChI=1S/C21H26N2O2S/c24-21(17-10-13-26-15-17)16-8-9-20(22-14-16)25-19-7-3-2-6-18(19)23-11-4-1-5-12-23/h8-10,13-15,18-19H,1-7,11-12H2/t18-,19-/m1/s1. The molecule has 0 N–H and O–H groups in total. The normalized spacial score (nSPS) is 24.3. The molecule has 2 aliphatic rings. The minimum Gasteiger partial charge on any atom is -0.473 e. The van der Waals surface area contributed by atoms with Crippen molar-refractivity contribution in [2.75, 3.05) is 13.1 Å². The van der Waals surface area contributed by atoms with Crippen molar-refractivity contribution in [3.05, 3.63) is 46.3 Å². The molecule has 0 amide bonds. The molecule has 1 saturated carbocycles. The summed E-state index contributed by atoms with van der Waals surface area (Å²) in [5, 5.41) is 3.79. The smallest absolute Gasteiger partial charge is 0.213 e. The van der Waals surface area contributed by atoms with Gasteiger partial charge in [0, 0.05) is 34.8 Å². The van der Waals surface area contributed by atoms with E-state index >= 15 is 0 Å². The number of carbonyl (C=O) groups is 1. The van der Waals surface area contributed by atoms with E-state index in [0.29, 0.717) is 17.5 Å². The Hall–Kier alpha value is -1.72. The summed E-state index contributed by atoms with van der Waals surface area (Å²) in [4.78, 5) is 19.4. The number of piperidine rings is 1. The van der Waals surface area contributed by atoms with E-state index in [1.165, 1.54) is 63.0 Å². The van der Waals surface area contributed by atoms with Crippen LogP contribution in [0.1, 0.15) is 60.9 Å². The molecule has 138 valence electrons. The molecule has 0 radical (unpaired) electrons. The molecule has 0 aromatic carbocycles. The molecule has 2 atom stereocenters. The number of hydrogen-bond acceptors (Lipinski definition) is 5. The molecule has 2 fully saturated rings. The van der Waals surface area contributed by atoms with E-state index in [1.807, 2.05) is 29.0 Å². The summed E-state index contributed by atoms with van der Waals surface area (Å²) in [5.41, 5.74) is 1.34. The van der Waals surface area contributed by atoms with Crippen molar-refractivity contribution in [2.45, 2.75) is 57.1 Å². The molecular formula is C21H26N2O2S. The lowest BCUT2D eigenvalue weighted by Crippen LogP contribution is -2.49. The van der Waals surface area contributed by atoms with Gasteiger partial charge in [-0.15, -0.1) is 0 Å². The number of ketones is 1. The Kier molecular flexibility index (Phi) is 5.65. The van der Waals surface area contributed by atoms with Gasteiger partial charge in [0.05, 0.1) is 0 Å². The maximum Gasteiger partial charge on any atom is 0.213 e. The van der Waals surface area contributed by atoms with E-state index in [-0.39, 0.29) is 11.9 Å². The fourth-order valence-corrected chi connectivity index (χ4v) is 4.82. The molecule has 2 aromatic heterocycles. The predicted octanol–water partition coefficient (Wildman–Crippen LogP) is 4.55. The van der Waals surface area contributed by atoms with Crippen LogP contribution in [0, 0.1) is 0 Å². The molecule has 0 unspecified atom stereocenters. The fourth-order valence-electron chi connectivity index (χ4n) is 4.18. The summed E-state index contributed by atoms with van der Waals surface area (Å²) < 4.78 is 6.28. The van der Waals surface area contributed by atoms with E-state index in [4.69, 9.17) is 4.74 Å². The first-order valence-electron chi connectivity index (χ1n) is 9.75. The topological polar surface area (TPSA) is 42.4 Å². The van der Waals surface area contributed by atoms with Gasteiger partial charge in [0.2, 0.25) is 5.88 Å². The molecular weight excluding hydrogens is 344 g/mol. The van der Waals surface area contributed by atoms with Gasteiger partial charge in [-0.25, -0.2) is 4.98 Å². The molecule has 26 heavy (non-hydrogen) atoms. The van der Waals surface area contributed by atoms with Gasteiger partial charge in [0.15, 0.2) is 5.78 Å². The minimum atomic E-state index is 0.0224. The van der Waals surface area contributed by atoms with Crippen LogP contribution in [0.4, 0.5) is 0 Å². The molecule has 3 heterocycles. The van der Waals surface area contributed by atoms with Gasteiger partial charge in [0.1, 0.15) is 6.10 Å². The van der Waals surface area contributed by atoms with E-state index in [2.05, 4.69) is 9.88 Å². The van der Waals surface area contributed by atoms with Crippen molar-refractivity contribution in [1.82, 2.24) is 9.88 Å². The van der Waals surface area contributed by atoms with Crippen LogP contribution in [0.15, 0.2) is 35.2 Å². The van der Waals surface area contributed by atoms with Gasteiger partial charge >= 0.3 is 0 Å². The van der Waals surface area contributed by atoms with Crippen LogP contribution in [-0.2, 0) is 0 Å². The third-order valence-corrected chi connectivity index (χ3v) is 6.26. The van der Waals surface area contributed by atoms with Crippen LogP contribution in [-0.4, -0.2) is 40.9 Å². The average molecular weight is 371 g/mol. The van der Waals surface area contributed by atoms with Crippen molar-refractivity contribution in [2.24, 2.45) is 0 Å². The van der Waals surface area contributed by atoms with E-state index < -0.39 is 0 Å². The Bertz CT molecular complexity index is 708. The van der Waals surface area contributed by atoms with Gasteiger partial charge in [-0.1, -0.05) is 12.8 Å². The Morgan fingerprint density at radius 1 is 1.04 bits per heavy atom. The molecule has 4 nitrogen and oxygen atoms in total. The molecule has 1 aliphatic heterocycles. The lowest BCUT2D eigenvalue weighted by atomic mass is 9.90. The highest BCUT2D eigenvalue weighted by Crippen LogP contribution is 2.29. The SMILES string of the molecule is O=C(c1ccc(O[C@@H]2CCCC[C@H]2N2CCCCC2)nc1)c1ccsc1. The van der Waals surface area contributed by atoms with Gasteiger partial charge in [0.25, 0.3) is 0 Å². The molecule has 4 rings (SSSR count). The van der Waals surface area contributed by atoms with Crippen molar-refractivity contribution >= 4 is 17.1 Å². The van der Waals surface area contributed by atoms with Crippen molar-refractivity contribution < 1.29 is 9.53 Å². The Morgan fingerprint density at radius 3 is 2.62 bits per heavy atom. The zero-order valence-corrected chi connectivity index (χ0v) is 15.9. The second-order valence-electron chi connectivity index (χ2n) is 7.33. The van der Waals surface area contributed by atoms with E-state index in [0.717, 1.165) is 12.0 Å². The Morgan fingerprint density at radius 2 is 1.88 bits per heavy atom. The Labute approximate surface area is 159 Å². The third kappa shape index (κ3) is 3.99. The molecule has 0 spiro atoms. The molecule has 5 heteroatoms. The van der Waals surface area contributed by atoms with Gasteiger partial charge in [-0.3, -0.25) is 9.69 Å². The van der Waals surface area contributed by atoms with Gasteiger partial charge in [-0.2, -0.15) is 11.3 Å². The number of rotatable bonds is 5. The van der Waals surface area contributed by atoms with Crippen molar-refractivity contribution in [3.8, 4) is 5.88 Å². The maximum absolute atomic E-state index is 12.4. The summed E-state index contributed by atoms with van der Waals surface area (Å²) in [6.07, 6.45) is 10.7. The third-order valence-electron chi connectivity index (χ3n) is 5.58. The van der Waals surface area contributed by atoms with Crippen molar-refractivity contribution in [3.63, 3.8) is 0 Å². The average Bonchev–Trinajstić information content (AvgIpc) is 3.24. The number of hydrogen-bond donors (Lipinski definition) is 0. The quantitative estimate of drug-likeness (QED) is 0.724. The second-order valence-corrected chi connectivity index (χ2v) is 8.11.